The van der Waals surface area contributed by atoms with Gasteiger partial charge in [-0.25, -0.2) is 9.59 Å². The lowest BCUT2D eigenvalue weighted by atomic mass is 10.1. The number of piperazine rings is 1. The molecule has 0 spiro atoms. The first-order chi connectivity index (χ1) is 15.4. The number of benzene rings is 2. The number of hydrogen-bond acceptors (Lipinski definition) is 6. The highest BCUT2D eigenvalue weighted by Crippen LogP contribution is 2.45. The molecule has 0 amide bonds. The van der Waals surface area contributed by atoms with E-state index in [1.807, 2.05) is 11.8 Å². The lowest BCUT2D eigenvalue weighted by Crippen LogP contribution is -2.43. The number of ether oxygens (including phenoxy) is 1. The normalized spacial score (nSPS) is 15.6. The first-order valence-corrected chi connectivity index (χ1v) is 10.9. The van der Waals surface area contributed by atoms with Gasteiger partial charge >= 0.3 is 11.9 Å². The number of carboxylic acids is 2. The van der Waals surface area contributed by atoms with Crippen LogP contribution in [-0.2, 0) is 9.59 Å². The van der Waals surface area contributed by atoms with E-state index in [0.29, 0.717) is 12.2 Å². The van der Waals surface area contributed by atoms with Gasteiger partial charge in [-0.05, 0) is 30.8 Å². The first-order valence-electron chi connectivity index (χ1n) is 10.1. The van der Waals surface area contributed by atoms with Crippen molar-refractivity contribution in [2.24, 2.45) is 0 Å². The molecule has 0 aromatic heterocycles. The third-order valence-electron chi connectivity index (χ3n) is 5.11. The quantitative estimate of drug-likeness (QED) is 0.677. The van der Waals surface area contributed by atoms with Crippen LogP contribution in [0.25, 0.3) is 11.8 Å². The van der Waals surface area contributed by atoms with Crippen LogP contribution < -0.4 is 4.74 Å². The maximum atomic E-state index is 9.55. The molecule has 2 heterocycles. The molecule has 2 aromatic carbocycles. The number of carboxylic acid groups (broad SMARTS) is 2. The Hall–Kier alpha value is -3.23. The molecule has 0 saturated carbocycles. The summed E-state index contributed by atoms with van der Waals surface area (Å²) in [4.78, 5) is 26.5. The molecule has 8 heteroatoms. The molecule has 2 aliphatic rings. The molecule has 4 rings (SSSR count). The molecule has 1 fully saturated rings. The first kappa shape index (κ1) is 23.4. The molecular formula is C24H26N2O5S. The molecule has 7 nitrogen and oxygen atoms in total. The fourth-order valence-corrected chi connectivity index (χ4v) is 4.61. The Bertz CT molecular complexity index is 1030. The molecule has 2 N–H and O–H groups in total. The zero-order chi connectivity index (χ0) is 23.1. The zero-order valence-electron chi connectivity index (χ0n) is 18.0. The number of methoxy groups -OCH3 is 1. The smallest absolute Gasteiger partial charge is 0.328 e. The van der Waals surface area contributed by atoms with E-state index in [2.05, 4.69) is 65.4 Å². The van der Waals surface area contributed by atoms with E-state index in [9.17, 15) is 9.59 Å². The Labute approximate surface area is 191 Å². The van der Waals surface area contributed by atoms with Crippen LogP contribution in [0.3, 0.4) is 0 Å². The summed E-state index contributed by atoms with van der Waals surface area (Å²) in [6, 6.07) is 15.0. The molecule has 0 radical (unpaired) electrons. The highest BCUT2D eigenvalue weighted by Gasteiger charge is 2.24. The van der Waals surface area contributed by atoms with Gasteiger partial charge in [-0.15, -0.1) is 0 Å². The van der Waals surface area contributed by atoms with Crippen molar-refractivity contribution >= 4 is 35.5 Å². The second-order valence-corrected chi connectivity index (χ2v) is 8.36. The molecule has 0 unspecified atom stereocenters. The lowest BCUT2D eigenvalue weighted by molar-refractivity contribution is -0.134. The van der Waals surface area contributed by atoms with Crippen LogP contribution in [0.2, 0.25) is 0 Å². The molecule has 0 atom stereocenters. The molecule has 1 saturated heterocycles. The summed E-state index contributed by atoms with van der Waals surface area (Å²) in [7, 11) is 3.95. The van der Waals surface area contributed by atoms with Crippen LogP contribution >= 0.6 is 11.8 Å². The van der Waals surface area contributed by atoms with Gasteiger partial charge in [0.15, 0.2) is 0 Å². The number of likely N-dealkylation sites (N-methyl/N-ethyl adjacent to an activating group) is 1. The predicted octanol–water partition coefficient (Wildman–Crippen LogP) is 3.62. The van der Waals surface area contributed by atoms with Gasteiger partial charge in [0, 0.05) is 54.5 Å². The highest BCUT2D eigenvalue weighted by atomic mass is 32.2. The Morgan fingerprint density at radius 2 is 1.62 bits per heavy atom. The van der Waals surface area contributed by atoms with E-state index in [4.69, 9.17) is 14.9 Å². The number of fused-ring (bicyclic) bond motifs is 2. The number of aliphatic carboxylic acids is 2. The van der Waals surface area contributed by atoms with Gasteiger partial charge in [0.25, 0.3) is 0 Å². The second-order valence-electron chi connectivity index (χ2n) is 7.31. The topological polar surface area (TPSA) is 90.3 Å². The van der Waals surface area contributed by atoms with Crippen LogP contribution in [0.15, 0.2) is 64.4 Å². The van der Waals surface area contributed by atoms with Crippen molar-refractivity contribution in [3.63, 3.8) is 0 Å². The van der Waals surface area contributed by atoms with Crippen LogP contribution in [0.1, 0.15) is 11.1 Å². The largest absolute Gasteiger partial charge is 0.496 e. The molecule has 2 aliphatic heterocycles. The minimum Gasteiger partial charge on any atom is -0.496 e. The minimum atomic E-state index is -1.26. The van der Waals surface area contributed by atoms with Crippen molar-refractivity contribution in [2.75, 3.05) is 40.3 Å². The van der Waals surface area contributed by atoms with Crippen molar-refractivity contribution in [2.45, 2.75) is 9.79 Å². The van der Waals surface area contributed by atoms with Crippen LogP contribution in [0.5, 0.6) is 5.75 Å². The Balaban J connectivity index is 0.000000312. The monoisotopic (exact) mass is 454 g/mol. The molecule has 32 heavy (non-hydrogen) atoms. The maximum absolute atomic E-state index is 9.55. The summed E-state index contributed by atoms with van der Waals surface area (Å²) in [5, 5.41) is 15.6. The number of nitrogens with zero attached hydrogens (tertiary/aromatic N) is 2. The van der Waals surface area contributed by atoms with Gasteiger partial charge in [-0.1, -0.05) is 42.1 Å². The Morgan fingerprint density at radius 1 is 0.969 bits per heavy atom. The average Bonchev–Trinajstić information content (AvgIpc) is 2.95. The van der Waals surface area contributed by atoms with Gasteiger partial charge in [0.2, 0.25) is 0 Å². The van der Waals surface area contributed by atoms with E-state index < -0.39 is 11.9 Å². The number of carbonyl (C=O) groups is 2. The van der Waals surface area contributed by atoms with Crippen LogP contribution in [-0.4, -0.2) is 72.3 Å². The SMILES string of the molecule is COc1cccc2c1Sc1ccccc1C=C2N1CCN(C)CC1.O=C(O)/C=C\C(=O)O. The van der Waals surface area contributed by atoms with Gasteiger partial charge < -0.3 is 24.7 Å². The summed E-state index contributed by atoms with van der Waals surface area (Å²) in [5.74, 6) is -1.56. The fourth-order valence-electron chi connectivity index (χ4n) is 3.46. The molecule has 0 bridgehead atoms. The molecule has 0 aliphatic carbocycles. The molecular weight excluding hydrogens is 428 g/mol. The number of hydrogen-bond donors (Lipinski definition) is 2. The van der Waals surface area contributed by atoms with Crippen molar-refractivity contribution < 1.29 is 24.5 Å². The van der Waals surface area contributed by atoms with Crippen LogP contribution in [0, 0.1) is 0 Å². The lowest BCUT2D eigenvalue weighted by Gasteiger charge is -2.36. The van der Waals surface area contributed by atoms with Crippen molar-refractivity contribution in [3.05, 3.63) is 65.7 Å². The zero-order valence-corrected chi connectivity index (χ0v) is 18.8. The average molecular weight is 455 g/mol. The number of rotatable bonds is 4. The Kier molecular flexibility index (Phi) is 7.97. The van der Waals surface area contributed by atoms with Gasteiger partial charge in [0.05, 0.1) is 12.0 Å². The minimum absolute atomic E-state index is 0.558. The fraction of sp³-hybridized carbons (Fsp3) is 0.250. The summed E-state index contributed by atoms with van der Waals surface area (Å²) >= 11 is 1.81. The van der Waals surface area contributed by atoms with Crippen molar-refractivity contribution in [1.29, 1.82) is 0 Å². The van der Waals surface area contributed by atoms with E-state index in [0.717, 1.165) is 31.9 Å². The van der Waals surface area contributed by atoms with E-state index in [-0.39, 0.29) is 0 Å². The standard InChI is InChI=1S/C20H22N2OS.C4H4O4/c1-21-10-12-22(13-11-21)17-14-15-6-3-4-9-19(15)24-20-16(17)7-5-8-18(20)23-2;5-3(6)1-2-4(7)8/h3-9,14H,10-13H2,1-2H3;1-2H,(H,5,6)(H,7,8)/b;2-1-. The maximum Gasteiger partial charge on any atom is 0.328 e. The predicted molar refractivity (Wildman–Crippen MR) is 125 cm³/mol. The van der Waals surface area contributed by atoms with Gasteiger partial charge in [-0.2, -0.15) is 0 Å². The van der Waals surface area contributed by atoms with E-state index in [1.54, 1.807) is 7.11 Å². The van der Waals surface area contributed by atoms with Crippen molar-refractivity contribution in [1.82, 2.24) is 9.80 Å². The van der Waals surface area contributed by atoms with Gasteiger partial charge in [-0.3, -0.25) is 0 Å². The van der Waals surface area contributed by atoms with Crippen LogP contribution in [0.4, 0.5) is 0 Å². The Morgan fingerprint density at radius 3 is 2.25 bits per heavy atom. The van der Waals surface area contributed by atoms with E-state index in [1.165, 1.54) is 26.6 Å². The summed E-state index contributed by atoms with van der Waals surface area (Å²) < 4.78 is 5.66. The third kappa shape index (κ3) is 5.93. The summed E-state index contributed by atoms with van der Waals surface area (Å²) in [6.07, 6.45) is 3.46. The van der Waals surface area contributed by atoms with Crippen molar-refractivity contribution in [3.8, 4) is 5.75 Å². The highest BCUT2D eigenvalue weighted by molar-refractivity contribution is 7.99. The molecule has 168 valence electrons. The summed E-state index contributed by atoms with van der Waals surface area (Å²) in [6.45, 7) is 4.33. The van der Waals surface area contributed by atoms with Gasteiger partial charge in [0.1, 0.15) is 5.75 Å². The van der Waals surface area contributed by atoms with E-state index >= 15 is 0 Å². The third-order valence-corrected chi connectivity index (χ3v) is 6.33. The molecule has 2 aromatic rings. The summed E-state index contributed by atoms with van der Waals surface area (Å²) in [5.41, 5.74) is 3.88. The second kappa shape index (κ2) is 10.9.